The Morgan fingerprint density at radius 3 is 2.54 bits per heavy atom. The van der Waals surface area contributed by atoms with Crippen LogP contribution in [0.5, 0.6) is 0 Å². The molecule has 0 radical (unpaired) electrons. The lowest BCUT2D eigenvalue weighted by Gasteiger charge is -2.21. The number of para-hydroxylation sites is 1. The molecule has 2 aromatic carbocycles. The van der Waals surface area contributed by atoms with Crippen molar-refractivity contribution in [2.24, 2.45) is 0 Å². The molecule has 3 nitrogen and oxygen atoms in total. The Kier molecular flexibility index (Phi) is 4.63. The molecule has 0 fully saturated rings. The molecule has 0 unspecified atom stereocenters. The molecule has 0 bridgehead atoms. The van der Waals surface area contributed by atoms with E-state index in [0.29, 0.717) is 5.56 Å². The van der Waals surface area contributed by atoms with E-state index in [4.69, 9.17) is 0 Å². The summed E-state index contributed by atoms with van der Waals surface area (Å²) >= 11 is 0. The van der Waals surface area contributed by atoms with Gasteiger partial charge in [-0.2, -0.15) is 13.2 Å². The van der Waals surface area contributed by atoms with E-state index < -0.39 is 29.0 Å². The van der Waals surface area contributed by atoms with Crippen molar-refractivity contribution in [2.75, 3.05) is 7.05 Å². The molecule has 0 aliphatic rings. The molecule has 7 heteroatoms. The number of carbonyl (C=O) groups is 1. The number of fused-ring (bicyclic) bond motifs is 1. The third-order valence-corrected chi connectivity index (χ3v) is 3.94. The van der Waals surface area contributed by atoms with E-state index in [1.165, 1.54) is 43.4 Å². The van der Waals surface area contributed by atoms with Crippen molar-refractivity contribution in [2.45, 2.75) is 12.7 Å². The van der Waals surface area contributed by atoms with Gasteiger partial charge in [0.15, 0.2) is 0 Å². The Hall–Kier alpha value is -2.96. The highest BCUT2D eigenvalue weighted by Crippen LogP contribution is 2.37. The van der Waals surface area contributed by atoms with Crippen LogP contribution in [0.25, 0.3) is 10.9 Å². The van der Waals surface area contributed by atoms with Gasteiger partial charge in [0.25, 0.3) is 5.91 Å². The molecule has 0 saturated heterocycles. The summed E-state index contributed by atoms with van der Waals surface area (Å²) in [5.74, 6) is -1.31. The Morgan fingerprint density at radius 1 is 1.12 bits per heavy atom. The minimum absolute atomic E-state index is 0.0271. The van der Waals surface area contributed by atoms with Crippen molar-refractivity contribution in [3.8, 4) is 0 Å². The van der Waals surface area contributed by atoms with Gasteiger partial charge in [-0.15, -0.1) is 0 Å². The number of alkyl halides is 3. The SMILES string of the molecule is CN(Cc1cccc(F)c1)C(=O)c1cnc2ccccc2c1C(F)(F)F. The minimum Gasteiger partial charge on any atom is -0.337 e. The second kappa shape index (κ2) is 6.74. The molecule has 0 N–H and O–H groups in total. The normalized spacial score (nSPS) is 11.6. The number of benzene rings is 2. The fraction of sp³-hybridized carbons (Fsp3) is 0.158. The first kappa shape index (κ1) is 17.8. The zero-order chi connectivity index (χ0) is 18.9. The zero-order valence-electron chi connectivity index (χ0n) is 13.7. The summed E-state index contributed by atoms with van der Waals surface area (Å²) in [7, 11) is 1.36. The maximum atomic E-state index is 13.6. The highest BCUT2D eigenvalue weighted by molar-refractivity contribution is 6.00. The first-order valence-corrected chi connectivity index (χ1v) is 7.72. The molecule has 3 aromatic rings. The summed E-state index contributed by atoms with van der Waals surface area (Å²) in [6.45, 7) is -0.0271. The maximum Gasteiger partial charge on any atom is 0.417 e. The molecular weight excluding hydrogens is 348 g/mol. The predicted octanol–water partition coefficient (Wildman–Crippen LogP) is 4.66. The summed E-state index contributed by atoms with van der Waals surface area (Å²) in [5, 5.41) is -0.134. The lowest BCUT2D eigenvalue weighted by Crippen LogP contribution is -2.29. The van der Waals surface area contributed by atoms with E-state index >= 15 is 0 Å². The van der Waals surface area contributed by atoms with E-state index in [1.807, 2.05) is 0 Å². The lowest BCUT2D eigenvalue weighted by molar-refractivity contribution is -0.136. The van der Waals surface area contributed by atoms with Gasteiger partial charge in [0.1, 0.15) is 5.82 Å². The van der Waals surface area contributed by atoms with E-state index in [9.17, 15) is 22.4 Å². The largest absolute Gasteiger partial charge is 0.417 e. The van der Waals surface area contributed by atoms with Gasteiger partial charge in [-0.1, -0.05) is 30.3 Å². The number of hydrogen-bond acceptors (Lipinski definition) is 2. The molecule has 1 aromatic heterocycles. The summed E-state index contributed by atoms with van der Waals surface area (Å²) in [4.78, 5) is 17.7. The number of pyridine rings is 1. The van der Waals surface area contributed by atoms with Gasteiger partial charge in [0.05, 0.1) is 16.6 Å². The first-order chi connectivity index (χ1) is 12.3. The predicted molar refractivity (Wildman–Crippen MR) is 88.9 cm³/mol. The van der Waals surface area contributed by atoms with Gasteiger partial charge in [-0.05, 0) is 23.8 Å². The number of aromatic nitrogens is 1. The summed E-state index contributed by atoms with van der Waals surface area (Å²) in [6, 6.07) is 11.3. The zero-order valence-corrected chi connectivity index (χ0v) is 13.7. The Morgan fingerprint density at radius 2 is 1.85 bits per heavy atom. The molecule has 1 amide bonds. The molecule has 0 saturated carbocycles. The van der Waals surface area contributed by atoms with E-state index in [2.05, 4.69) is 4.98 Å². The fourth-order valence-electron chi connectivity index (χ4n) is 2.80. The average Bonchev–Trinajstić information content (AvgIpc) is 2.59. The third-order valence-electron chi connectivity index (χ3n) is 3.94. The molecule has 26 heavy (non-hydrogen) atoms. The molecule has 134 valence electrons. The van der Waals surface area contributed by atoms with Crippen molar-refractivity contribution >= 4 is 16.8 Å². The number of nitrogens with zero attached hydrogens (tertiary/aromatic N) is 2. The van der Waals surface area contributed by atoms with E-state index in [1.54, 1.807) is 12.1 Å². The van der Waals surface area contributed by atoms with Crippen molar-refractivity contribution in [1.29, 1.82) is 0 Å². The molecule has 0 atom stereocenters. The smallest absolute Gasteiger partial charge is 0.337 e. The molecule has 1 heterocycles. The first-order valence-electron chi connectivity index (χ1n) is 7.72. The quantitative estimate of drug-likeness (QED) is 0.635. The van der Waals surface area contributed by atoms with Crippen molar-refractivity contribution in [1.82, 2.24) is 9.88 Å². The number of hydrogen-bond donors (Lipinski definition) is 0. The van der Waals surface area contributed by atoms with Crippen LogP contribution in [-0.4, -0.2) is 22.8 Å². The maximum absolute atomic E-state index is 13.6. The minimum atomic E-state index is -4.72. The van der Waals surface area contributed by atoms with E-state index in [0.717, 1.165) is 11.1 Å². The summed E-state index contributed by atoms with van der Waals surface area (Å²) in [5.41, 5.74) is -0.915. The van der Waals surface area contributed by atoms with Crippen LogP contribution in [0.2, 0.25) is 0 Å². The van der Waals surface area contributed by atoms with Crippen LogP contribution in [0.15, 0.2) is 54.7 Å². The van der Waals surface area contributed by atoms with Gasteiger partial charge >= 0.3 is 6.18 Å². The van der Waals surface area contributed by atoms with Crippen molar-refractivity contribution in [3.05, 3.63) is 77.2 Å². The van der Waals surface area contributed by atoms with Gasteiger partial charge in [0, 0.05) is 25.2 Å². The second-order valence-electron chi connectivity index (χ2n) is 5.85. The number of carbonyl (C=O) groups excluding carboxylic acids is 1. The van der Waals surface area contributed by atoms with Crippen molar-refractivity contribution < 1.29 is 22.4 Å². The summed E-state index contributed by atoms with van der Waals surface area (Å²) in [6.07, 6.45) is -3.78. The standard InChI is InChI=1S/C19H14F4N2O/c1-25(11-12-5-4-6-13(20)9-12)18(26)15-10-24-16-8-3-2-7-14(16)17(15)19(21,22)23/h2-10H,11H2,1H3. The van der Waals surface area contributed by atoms with Crippen LogP contribution >= 0.6 is 0 Å². The van der Waals surface area contributed by atoms with Crippen LogP contribution in [0, 0.1) is 5.82 Å². The number of amides is 1. The van der Waals surface area contributed by atoms with Crippen LogP contribution in [-0.2, 0) is 12.7 Å². The molecule has 0 spiro atoms. The number of halogens is 4. The average molecular weight is 362 g/mol. The highest BCUT2D eigenvalue weighted by atomic mass is 19.4. The van der Waals surface area contributed by atoms with E-state index in [-0.39, 0.29) is 17.4 Å². The summed E-state index contributed by atoms with van der Waals surface area (Å²) < 4.78 is 54.2. The van der Waals surface area contributed by atoms with Gasteiger partial charge in [-0.3, -0.25) is 9.78 Å². The fourth-order valence-corrected chi connectivity index (χ4v) is 2.80. The highest BCUT2D eigenvalue weighted by Gasteiger charge is 2.38. The molecule has 3 rings (SSSR count). The topological polar surface area (TPSA) is 33.2 Å². The Labute approximate surface area is 146 Å². The molecular formula is C19H14F4N2O. The Balaban J connectivity index is 2.02. The molecule has 0 aliphatic carbocycles. The van der Waals surface area contributed by atoms with Crippen molar-refractivity contribution in [3.63, 3.8) is 0 Å². The molecule has 0 aliphatic heterocycles. The van der Waals surface area contributed by atoms with Crippen LogP contribution in [0.4, 0.5) is 17.6 Å². The van der Waals surface area contributed by atoms with Crippen LogP contribution in [0.1, 0.15) is 21.5 Å². The number of rotatable bonds is 3. The van der Waals surface area contributed by atoms with Gasteiger partial charge in [0.2, 0.25) is 0 Å². The van der Waals surface area contributed by atoms with Gasteiger partial charge in [-0.25, -0.2) is 4.39 Å². The van der Waals surface area contributed by atoms with Gasteiger partial charge < -0.3 is 4.90 Å². The van der Waals surface area contributed by atoms with Crippen LogP contribution < -0.4 is 0 Å². The monoisotopic (exact) mass is 362 g/mol. The third kappa shape index (κ3) is 3.51. The lowest BCUT2D eigenvalue weighted by atomic mass is 10.0. The second-order valence-corrected chi connectivity index (χ2v) is 5.85. The van der Waals surface area contributed by atoms with Crippen LogP contribution in [0.3, 0.4) is 0 Å². The Bertz CT molecular complexity index is 969.